The fraction of sp³-hybridized carbons (Fsp3) is 0.368. The lowest BCUT2D eigenvalue weighted by atomic mass is 9.99. The van der Waals surface area contributed by atoms with Crippen LogP contribution in [0, 0.1) is 0 Å². The molecule has 6 heteroatoms. The van der Waals surface area contributed by atoms with Crippen LogP contribution in [-0.2, 0) is 19.3 Å². The van der Waals surface area contributed by atoms with Crippen LogP contribution in [0.25, 0.3) is 0 Å². The van der Waals surface area contributed by atoms with Crippen molar-refractivity contribution < 1.29 is 13.2 Å². The van der Waals surface area contributed by atoms with Crippen molar-refractivity contribution in [3.8, 4) is 0 Å². The molecule has 1 heterocycles. The lowest BCUT2D eigenvalue weighted by Crippen LogP contribution is -2.27. The van der Waals surface area contributed by atoms with Gasteiger partial charge in [-0.25, -0.2) is 0 Å². The highest BCUT2D eigenvalue weighted by molar-refractivity contribution is 5.46. The van der Waals surface area contributed by atoms with Gasteiger partial charge in [-0.15, -0.1) is 0 Å². The SMILES string of the molecule is CN(C)c1ccc(CN2Cc3c(cccc3C(F)(F)F)C2CN)cc1. The van der Waals surface area contributed by atoms with E-state index in [-0.39, 0.29) is 12.6 Å². The second kappa shape index (κ2) is 6.69. The Hall–Kier alpha value is -2.05. The van der Waals surface area contributed by atoms with E-state index >= 15 is 0 Å². The number of halogens is 3. The Bertz CT molecular complexity index is 739. The molecule has 1 atom stereocenters. The monoisotopic (exact) mass is 349 g/mol. The number of nitrogens with zero attached hydrogens (tertiary/aromatic N) is 2. The maximum atomic E-state index is 13.3. The zero-order valence-corrected chi connectivity index (χ0v) is 14.3. The van der Waals surface area contributed by atoms with Crippen molar-refractivity contribution in [2.24, 2.45) is 5.73 Å². The summed E-state index contributed by atoms with van der Waals surface area (Å²) in [4.78, 5) is 4.03. The van der Waals surface area contributed by atoms with Crippen LogP contribution in [0.1, 0.15) is 28.3 Å². The highest BCUT2D eigenvalue weighted by atomic mass is 19.4. The molecule has 1 unspecified atom stereocenters. The molecule has 2 aromatic carbocycles. The van der Waals surface area contributed by atoms with Gasteiger partial charge in [-0.05, 0) is 34.9 Å². The summed E-state index contributed by atoms with van der Waals surface area (Å²) >= 11 is 0. The lowest BCUT2D eigenvalue weighted by molar-refractivity contribution is -0.138. The van der Waals surface area contributed by atoms with Crippen LogP contribution in [0.5, 0.6) is 0 Å². The van der Waals surface area contributed by atoms with Gasteiger partial charge >= 0.3 is 6.18 Å². The lowest BCUT2D eigenvalue weighted by Gasteiger charge is -2.24. The van der Waals surface area contributed by atoms with Gasteiger partial charge in [-0.2, -0.15) is 13.2 Å². The zero-order valence-electron chi connectivity index (χ0n) is 14.3. The Morgan fingerprint density at radius 2 is 1.80 bits per heavy atom. The highest BCUT2D eigenvalue weighted by Crippen LogP contribution is 2.41. The predicted molar refractivity (Wildman–Crippen MR) is 93.3 cm³/mol. The average molecular weight is 349 g/mol. The third kappa shape index (κ3) is 3.50. The van der Waals surface area contributed by atoms with E-state index in [1.807, 2.05) is 48.2 Å². The Balaban J connectivity index is 1.86. The van der Waals surface area contributed by atoms with Gasteiger partial charge < -0.3 is 10.6 Å². The second-order valence-corrected chi connectivity index (χ2v) is 6.59. The number of benzene rings is 2. The third-order valence-electron chi connectivity index (χ3n) is 4.74. The number of anilines is 1. The van der Waals surface area contributed by atoms with E-state index < -0.39 is 11.7 Å². The maximum Gasteiger partial charge on any atom is 0.416 e. The number of hydrogen-bond donors (Lipinski definition) is 1. The molecule has 0 aliphatic carbocycles. The van der Waals surface area contributed by atoms with Gasteiger partial charge in [0, 0.05) is 45.5 Å². The smallest absolute Gasteiger partial charge is 0.378 e. The number of fused-ring (bicyclic) bond motifs is 1. The largest absolute Gasteiger partial charge is 0.416 e. The molecule has 25 heavy (non-hydrogen) atoms. The molecule has 1 aliphatic heterocycles. The first kappa shape index (κ1) is 17.8. The quantitative estimate of drug-likeness (QED) is 0.912. The van der Waals surface area contributed by atoms with E-state index in [9.17, 15) is 13.2 Å². The van der Waals surface area contributed by atoms with Crippen molar-refractivity contribution >= 4 is 5.69 Å². The van der Waals surface area contributed by atoms with Crippen LogP contribution >= 0.6 is 0 Å². The van der Waals surface area contributed by atoms with Gasteiger partial charge in [0.15, 0.2) is 0 Å². The van der Waals surface area contributed by atoms with Crippen molar-refractivity contribution in [3.05, 3.63) is 64.7 Å². The highest BCUT2D eigenvalue weighted by Gasteiger charge is 2.39. The molecule has 0 spiro atoms. The summed E-state index contributed by atoms with van der Waals surface area (Å²) in [5, 5.41) is 0. The topological polar surface area (TPSA) is 32.5 Å². The molecular weight excluding hydrogens is 327 g/mol. The fourth-order valence-corrected chi connectivity index (χ4v) is 3.45. The zero-order chi connectivity index (χ0) is 18.2. The average Bonchev–Trinajstić information content (AvgIpc) is 2.91. The number of alkyl halides is 3. The minimum atomic E-state index is -4.34. The van der Waals surface area contributed by atoms with Gasteiger partial charge in [0.05, 0.1) is 5.56 Å². The minimum Gasteiger partial charge on any atom is -0.378 e. The Morgan fingerprint density at radius 1 is 1.12 bits per heavy atom. The number of rotatable bonds is 4. The van der Waals surface area contributed by atoms with E-state index in [1.165, 1.54) is 6.07 Å². The first-order chi connectivity index (χ1) is 11.8. The molecule has 1 aliphatic rings. The van der Waals surface area contributed by atoms with Crippen LogP contribution in [0.15, 0.2) is 42.5 Å². The first-order valence-corrected chi connectivity index (χ1v) is 8.20. The van der Waals surface area contributed by atoms with Crippen LogP contribution in [0.2, 0.25) is 0 Å². The Kier molecular flexibility index (Phi) is 4.75. The van der Waals surface area contributed by atoms with Crippen LogP contribution < -0.4 is 10.6 Å². The van der Waals surface area contributed by atoms with Gasteiger partial charge in [-0.1, -0.05) is 24.3 Å². The van der Waals surface area contributed by atoms with Gasteiger partial charge in [0.1, 0.15) is 0 Å². The molecular formula is C19H22F3N3. The van der Waals surface area contributed by atoms with E-state index in [1.54, 1.807) is 6.07 Å². The summed E-state index contributed by atoms with van der Waals surface area (Å²) < 4.78 is 39.9. The van der Waals surface area contributed by atoms with E-state index in [0.29, 0.717) is 24.2 Å². The molecule has 0 fully saturated rings. The molecule has 0 amide bonds. The molecule has 134 valence electrons. The molecule has 0 radical (unpaired) electrons. The van der Waals surface area contributed by atoms with E-state index in [2.05, 4.69) is 0 Å². The third-order valence-corrected chi connectivity index (χ3v) is 4.74. The molecule has 0 aromatic heterocycles. The summed E-state index contributed by atoms with van der Waals surface area (Å²) in [6.07, 6.45) is -4.34. The fourth-order valence-electron chi connectivity index (χ4n) is 3.45. The molecule has 3 rings (SSSR count). The molecule has 0 saturated heterocycles. The van der Waals surface area contributed by atoms with E-state index in [4.69, 9.17) is 5.73 Å². The van der Waals surface area contributed by atoms with Gasteiger partial charge in [0.2, 0.25) is 0 Å². The molecule has 0 saturated carbocycles. The van der Waals surface area contributed by atoms with Crippen LogP contribution in [-0.4, -0.2) is 25.5 Å². The van der Waals surface area contributed by atoms with Crippen molar-refractivity contribution in [3.63, 3.8) is 0 Å². The van der Waals surface area contributed by atoms with Gasteiger partial charge in [0.25, 0.3) is 0 Å². The summed E-state index contributed by atoms with van der Waals surface area (Å²) in [6.45, 7) is 1.13. The summed E-state index contributed by atoms with van der Waals surface area (Å²) in [7, 11) is 3.93. The molecule has 3 nitrogen and oxygen atoms in total. The molecule has 2 aromatic rings. The van der Waals surface area contributed by atoms with Crippen molar-refractivity contribution in [2.45, 2.75) is 25.3 Å². The minimum absolute atomic E-state index is 0.189. The maximum absolute atomic E-state index is 13.3. The Labute approximate surface area is 145 Å². The van der Waals surface area contributed by atoms with Gasteiger partial charge in [-0.3, -0.25) is 4.90 Å². The standard InChI is InChI=1S/C19H22F3N3/c1-24(2)14-8-6-13(7-9-14)11-25-12-16-15(18(25)10-23)4-3-5-17(16)19(20,21)22/h3-9,18H,10-12,23H2,1-2H3. The number of nitrogens with two attached hydrogens (primary N) is 1. The van der Waals surface area contributed by atoms with Crippen molar-refractivity contribution in [1.82, 2.24) is 4.90 Å². The van der Waals surface area contributed by atoms with Crippen molar-refractivity contribution in [1.29, 1.82) is 0 Å². The first-order valence-electron chi connectivity index (χ1n) is 8.20. The Morgan fingerprint density at radius 3 is 2.36 bits per heavy atom. The second-order valence-electron chi connectivity index (χ2n) is 6.59. The van der Waals surface area contributed by atoms with Crippen molar-refractivity contribution in [2.75, 3.05) is 25.5 Å². The normalized spacial score (nSPS) is 17.6. The molecule has 2 N–H and O–H groups in total. The summed E-state index contributed by atoms with van der Waals surface area (Å²) in [5.74, 6) is 0. The van der Waals surface area contributed by atoms with E-state index in [0.717, 1.165) is 17.3 Å². The summed E-state index contributed by atoms with van der Waals surface area (Å²) in [5.41, 5.74) is 8.54. The van der Waals surface area contributed by atoms with Crippen LogP contribution in [0.4, 0.5) is 18.9 Å². The number of hydrogen-bond acceptors (Lipinski definition) is 3. The molecule has 0 bridgehead atoms. The predicted octanol–water partition coefficient (Wildman–Crippen LogP) is 3.79. The van der Waals surface area contributed by atoms with Crippen LogP contribution in [0.3, 0.4) is 0 Å². The summed E-state index contributed by atoms with van der Waals surface area (Å²) in [6, 6.07) is 12.2.